The summed E-state index contributed by atoms with van der Waals surface area (Å²) >= 11 is 0. The van der Waals surface area contributed by atoms with Crippen molar-refractivity contribution in [1.29, 1.82) is 0 Å². The maximum Gasteiger partial charge on any atom is 0.333 e. The van der Waals surface area contributed by atoms with Crippen LogP contribution in [-0.2, 0) is 9.53 Å². The Hall–Kier alpha value is -2.10. The number of hydrogen-bond acceptors (Lipinski definition) is 3. The van der Waals surface area contributed by atoms with Crippen LogP contribution in [0, 0.1) is 6.92 Å². The van der Waals surface area contributed by atoms with E-state index in [0.29, 0.717) is 11.1 Å². The molecule has 0 aliphatic carbocycles. The van der Waals surface area contributed by atoms with Gasteiger partial charge in [0, 0.05) is 11.1 Å². The molecule has 0 saturated carbocycles. The Morgan fingerprint density at radius 1 is 1.32 bits per heavy atom. The van der Waals surface area contributed by atoms with Crippen LogP contribution >= 0.6 is 0 Å². The highest BCUT2D eigenvalue weighted by Crippen LogP contribution is 2.03. The van der Waals surface area contributed by atoms with Crippen LogP contribution in [0.3, 0.4) is 0 Å². The van der Waals surface area contributed by atoms with Crippen LogP contribution in [0.1, 0.15) is 29.8 Å². The zero-order valence-electron chi connectivity index (χ0n) is 11.5. The van der Waals surface area contributed by atoms with Gasteiger partial charge in [0.25, 0.3) is 5.91 Å². The van der Waals surface area contributed by atoms with Crippen LogP contribution in [0.4, 0.5) is 0 Å². The van der Waals surface area contributed by atoms with E-state index in [1.165, 1.54) is 0 Å². The smallest absolute Gasteiger partial charge is 0.333 e. The third kappa shape index (κ3) is 4.95. The van der Waals surface area contributed by atoms with Gasteiger partial charge in [-0.1, -0.05) is 24.3 Å². The SMILES string of the molecule is C=C(C)C(=O)OC(C)CNC(=O)c1ccc(C)cc1. The molecule has 0 bridgehead atoms. The minimum absolute atomic E-state index is 0.182. The number of rotatable bonds is 5. The Morgan fingerprint density at radius 3 is 2.42 bits per heavy atom. The number of amides is 1. The lowest BCUT2D eigenvalue weighted by Gasteiger charge is -2.14. The van der Waals surface area contributed by atoms with Crippen molar-refractivity contribution >= 4 is 11.9 Å². The third-order valence-corrected chi connectivity index (χ3v) is 2.52. The summed E-state index contributed by atoms with van der Waals surface area (Å²) in [6, 6.07) is 7.27. The molecule has 19 heavy (non-hydrogen) atoms. The van der Waals surface area contributed by atoms with E-state index in [4.69, 9.17) is 4.74 Å². The van der Waals surface area contributed by atoms with Gasteiger partial charge < -0.3 is 10.1 Å². The Bertz CT molecular complexity index is 477. The van der Waals surface area contributed by atoms with E-state index in [-0.39, 0.29) is 12.5 Å². The van der Waals surface area contributed by atoms with Crippen molar-refractivity contribution in [1.82, 2.24) is 5.32 Å². The van der Waals surface area contributed by atoms with Gasteiger partial charge in [-0.25, -0.2) is 4.79 Å². The molecule has 0 aliphatic rings. The first-order valence-electron chi connectivity index (χ1n) is 6.11. The Labute approximate surface area is 113 Å². The van der Waals surface area contributed by atoms with Crippen LogP contribution in [0.5, 0.6) is 0 Å². The summed E-state index contributed by atoms with van der Waals surface area (Å²) in [6.45, 7) is 9.03. The molecule has 0 heterocycles. The van der Waals surface area contributed by atoms with E-state index in [1.54, 1.807) is 26.0 Å². The average Bonchev–Trinajstić information content (AvgIpc) is 2.36. The van der Waals surface area contributed by atoms with E-state index in [1.807, 2.05) is 19.1 Å². The summed E-state index contributed by atoms with van der Waals surface area (Å²) in [5.74, 6) is -0.629. The van der Waals surface area contributed by atoms with Crippen LogP contribution in [0.15, 0.2) is 36.4 Å². The molecule has 1 rings (SSSR count). The fraction of sp³-hybridized carbons (Fsp3) is 0.333. The third-order valence-electron chi connectivity index (χ3n) is 2.52. The number of carbonyl (C=O) groups excluding carboxylic acids is 2. The van der Waals surface area contributed by atoms with Gasteiger partial charge in [-0.2, -0.15) is 0 Å². The predicted octanol–water partition coefficient (Wildman–Crippen LogP) is 2.23. The highest BCUT2D eigenvalue weighted by molar-refractivity contribution is 5.94. The molecule has 1 amide bonds. The maximum atomic E-state index is 11.8. The van der Waals surface area contributed by atoms with E-state index in [0.717, 1.165) is 5.56 Å². The topological polar surface area (TPSA) is 55.4 Å². The summed E-state index contributed by atoms with van der Waals surface area (Å²) in [4.78, 5) is 23.1. The number of esters is 1. The largest absolute Gasteiger partial charge is 0.457 e. The van der Waals surface area contributed by atoms with Gasteiger partial charge in [0.15, 0.2) is 0 Å². The summed E-state index contributed by atoms with van der Waals surface area (Å²) in [5.41, 5.74) is 2.03. The van der Waals surface area contributed by atoms with Crippen LogP contribution < -0.4 is 5.32 Å². The molecule has 0 aliphatic heterocycles. The van der Waals surface area contributed by atoms with Gasteiger partial charge in [0.05, 0.1) is 6.54 Å². The fourth-order valence-corrected chi connectivity index (χ4v) is 1.37. The van der Waals surface area contributed by atoms with Gasteiger partial charge in [-0.3, -0.25) is 4.79 Å². The molecule has 0 radical (unpaired) electrons. The van der Waals surface area contributed by atoms with Crippen LogP contribution in [0.2, 0.25) is 0 Å². The molecule has 0 spiro atoms. The molecule has 1 aromatic rings. The lowest BCUT2D eigenvalue weighted by atomic mass is 10.1. The van der Waals surface area contributed by atoms with Crippen molar-refractivity contribution in [3.05, 3.63) is 47.5 Å². The number of aryl methyl sites for hydroxylation is 1. The second-order valence-electron chi connectivity index (χ2n) is 4.57. The van der Waals surface area contributed by atoms with Crippen molar-refractivity contribution in [2.75, 3.05) is 6.54 Å². The number of nitrogens with one attached hydrogen (secondary N) is 1. The standard InChI is InChI=1S/C15H19NO3/c1-10(2)15(18)19-12(4)9-16-14(17)13-7-5-11(3)6-8-13/h5-8,12H,1,9H2,2-4H3,(H,16,17). The molecule has 102 valence electrons. The van der Waals surface area contributed by atoms with E-state index in [2.05, 4.69) is 11.9 Å². The Balaban J connectivity index is 2.44. The van der Waals surface area contributed by atoms with Crippen molar-refractivity contribution in [3.8, 4) is 0 Å². The lowest BCUT2D eigenvalue weighted by Crippen LogP contribution is -2.33. The van der Waals surface area contributed by atoms with Crippen molar-refractivity contribution in [2.24, 2.45) is 0 Å². The van der Waals surface area contributed by atoms with Crippen molar-refractivity contribution < 1.29 is 14.3 Å². The van der Waals surface area contributed by atoms with Crippen LogP contribution in [0.25, 0.3) is 0 Å². The zero-order chi connectivity index (χ0) is 14.4. The van der Waals surface area contributed by atoms with Gasteiger partial charge in [0.2, 0.25) is 0 Å². The van der Waals surface area contributed by atoms with Crippen molar-refractivity contribution in [2.45, 2.75) is 26.9 Å². The summed E-state index contributed by atoms with van der Waals surface area (Å²) in [7, 11) is 0. The molecule has 0 saturated heterocycles. The number of benzene rings is 1. The number of ether oxygens (including phenoxy) is 1. The molecule has 0 fully saturated rings. The molecule has 1 atom stereocenters. The number of carbonyl (C=O) groups is 2. The van der Waals surface area contributed by atoms with Crippen molar-refractivity contribution in [3.63, 3.8) is 0 Å². The molecular formula is C15H19NO3. The molecule has 4 nitrogen and oxygen atoms in total. The van der Waals surface area contributed by atoms with Crippen LogP contribution in [-0.4, -0.2) is 24.5 Å². The molecule has 1 N–H and O–H groups in total. The highest BCUT2D eigenvalue weighted by Gasteiger charge is 2.12. The highest BCUT2D eigenvalue weighted by atomic mass is 16.5. The predicted molar refractivity (Wildman–Crippen MR) is 73.9 cm³/mol. The second kappa shape index (κ2) is 6.73. The molecule has 4 heteroatoms. The van der Waals surface area contributed by atoms with E-state index in [9.17, 15) is 9.59 Å². The first-order valence-corrected chi connectivity index (χ1v) is 6.11. The molecular weight excluding hydrogens is 242 g/mol. The quantitative estimate of drug-likeness (QED) is 0.653. The zero-order valence-corrected chi connectivity index (χ0v) is 11.5. The van der Waals surface area contributed by atoms with E-state index >= 15 is 0 Å². The van der Waals surface area contributed by atoms with E-state index < -0.39 is 12.1 Å². The molecule has 1 unspecified atom stereocenters. The maximum absolute atomic E-state index is 11.8. The number of hydrogen-bond donors (Lipinski definition) is 1. The monoisotopic (exact) mass is 261 g/mol. The first kappa shape index (κ1) is 15.0. The minimum Gasteiger partial charge on any atom is -0.457 e. The summed E-state index contributed by atoms with van der Waals surface area (Å²) in [5, 5.41) is 2.72. The lowest BCUT2D eigenvalue weighted by molar-refractivity contribution is -0.143. The van der Waals surface area contributed by atoms with Gasteiger partial charge in [-0.05, 0) is 32.9 Å². The fourth-order valence-electron chi connectivity index (χ4n) is 1.37. The minimum atomic E-state index is -0.447. The molecule has 0 aromatic heterocycles. The first-order chi connectivity index (χ1) is 8.90. The van der Waals surface area contributed by atoms with Gasteiger partial charge in [-0.15, -0.1) is 0 Å². The molecule has 1 aromatic carbocycles. The Morgan fingerprint density at radius 2 is 1.89 bits per heavy atom. The second-order valence-corrected chi connectivity index (χ2v) is 4.57. The average molecular weight is 261 g/mol. The summed E-state index contributed by atoms with van der Waals surface area (Å²) < 4.78 is 5.06. The normalized spacial score (nSPS) is 11.5. The van der Waals surface area contributed by atoms with Gasteiger partial charge >= 0.3 is 5.97 Å². The van der Waals surface area contributed by atoms with Gasteiger partial charge in [0.1, 0.15) is 6.10 Å². The Kier molecular flexibility index (Phi) is 5.30. The summed E-state index contributed by atoms with van der Waals surface area (Å²) in [6.07, 6.45) is -0.390.